The summed E-state index contributed by atoms with van der Waals surface area (Å²) in [5.74, 6) is -0.256. The molecule has 0 bridgehead atoms. The standard InChI is InChI=1S/C12H12O2S/c1-7-4-5-10-9(8(7)2)6-11(15-10)12(13)14-3/h4-6H,1-3H3. The second kappa shape index (κ2) is 3.66. The molecule has 0 saturated heterocycles. The van der Waals surface area contributed by atoms with Crippen molar-refractivity contribution in [3.05, 3.63) is 34.2 Å². The topological polar surface area (TPSA) is 26.3 Å². The average molecular weight is 220 g/mol. The fourth-order valence-electron chi connectivity index (χ4n) is 1.56. The number of fused-ring (bicyclic) bond motifs is 1. The summed E-state index contributed by atoms with van der Waals surface area (Å²) in [4.78, 5) is 12.0. The molecule has 3 heteroatoms. The van der Waals surface area contributed by atoms with Gasteiger partial charge in [0.1, 0.15) is 4.88 Å². The van der Waals surface area contributed by atoms with Crippen LogP contribution >= 0.6 is 11.3 Å². The number of thiophene rings is 1. The number of aryl methyl sites for hydroxylation is 2. The summed E-state index contributed by atoms with van der Waals surface area (Å²) in [7, 11) is 1.41. The lowest BCUT2D eigenvalue weighted by atomic mass is 10.1. The number of hydrogen-bond acceptors (Lipinski definition) is 3. The molecule has 0 amide bonds. The van der Waals surface area contributed by atoms with E-state index >= 15 is 0 Å². The zero-order valence-electron chi connectivity index (χ0n) is 8.96. The molecule has 2 aromatic rings. The van der Waals surface area contributed by atoms with Crippen LogP contribution in [0.4, 0.5) is 0 Å². The predicted molar refractivity (Wildman–Crippen MR) is 62.6 cm³/mol. The first-order chi connectivity index (χ1) is 7.13. The zero-order chi connectivity index (χ0) is 11.0. The van der Waals surface area contributed by atoms with Gasteiger partial charge in [-0.2, -0.15) is 0 Å². The number of benzene rings is 1. The van der Waals surface area contributed by atoms with Crippen molar-refractivity contribution in [1.82, 2.24) is 0 Å². The molecule has 15 heavy (non-hydrogen) atoms. The Morgan fingerprint density at radius 1 is 1.33 bits per heavy atom. The van der Waals surface area contributed by atoms with Crippen molar-refractivity contribution in [2.45, 2.75) is 13.8 Å². The van der Waals surface area contributed by atoms with Crippen LogP contribution in [0.3, 0.4) is 0 Å². The maximum absolute atomic E-state index is 11.4. The largest absolute Gasteiger partial charge is 0.465 e. The lowest BCUT2D eigenvalue weighted by Gasteiger charge is -1.99. The van der Waals surface area contributed by atoms with Crippen LogP contribution in [0.15, 0.2) is 18.2 Å². The molecule has 0 fully saturated rings. The van der Waals surface area contributed by atoms with Crippen molar-refractivity contribution in [1.29, 1.82) is 0 Å². The Hall–Kier alpha value is -1.35. The van der Waals surface area contributed by atoms with Gasteiger partial charge in [0.05, 0.1) is 7.11 Å². The van der Waals surface area contributed by atoms with E-state index < -0.39 is 0 Å². The molecule has 2 rings (SSSR count). The van der Waals surface area contributed by atoms with Crippen LogP contribution < -0.4 is 0 Å². The molecule has 0 saturated carbocycles. The van der Waals surface area contributed by atoms with Gasteiger partial charge >= 0.3 is 5.97 Å². The van der Waals surface area contributed by atoms with E-state index in [0.29, 0.717) is 4.88 Å². The second-order valence-corrected chi connectivity index (χ2v) is 4.61. The monoisotopic (exact) mass is 220 g/mol. The molecule has 0 spiro atoms. The normalized spacial score (nSPS) is 10.6. The summed E-state index contributed by atoms with van der Waals surface area (Å²) in [5, 5.41) is 1.15. The molecule has 0 aliphatic carbocycles. The van der Waals surface area contributed by atoms with Crippen LogP contribution in [0.1, 0.15) is 20.8 Å². The highest BCUT2D eigenvalue weighted by Crippen LogP contribution is 2.30. The van der Waals surface area contributed by atoms with Crippen LogP contribution in [-0.4, -0.2) is 13.1 Å². The van der Waals surface area contributed by atoms with Crippen LogP contribution in [0, 0.1) is 13.8 Å². The van der Waals surface area contributed by atoms with Gasteiger partial charge in [0.15, 0.2) is 0 Å². The van der Waals surface area contributed by atoms with Gasteiger partial charge < -0.3 is 4.74 Å². The molecule has 0 N–H and O–H groups in total. The van der Waals surface area contributed by atoms with Crippen molar-refractivity contribution in [3.8, 4) is 0 Å². The Morgan fingerprint density at radius 2 is 2.07 bits per heavy atom. The first kappa shape index (κ1) is 10.2. The number of ether oxygens (including phenoxy) is 1. The number of carbonyl (C=O) groups is 1. The Kier molecular flexibility index (Phi) is 2.49. The maximum atomic E-state index is 11.4. The van der Waals surface area contributed by atoms with Gasteiger partial charge in [0.2, 0.25) is 0 Å². The van der Waals surface area contributed by atoms with Crippen molar-refractivity contribution < 1.29 is 9.53 Å². The van der Waals surface area contributed by atoms with E-state index in [1.54, 1.807) is 0 Å². The minimum absolute atomic E-state index is 0.256. The number of esters is 1. The minimum atomic E-state index is -0.256. The Bertz CT molecular complexity index is 526. The zero-order valence-corrected chi connectivity index (χ0v) is 9.77. The fourth-order valence-corrected chi connectivity index (χ4v) is 2.60. The molecule has 0 radical (unpaired) electrons. The summed E-state index contributed by atoms with van der Waals surface area (Å²) >= 11 is 1.48. The van der Waals surface area contributed by atoms with E-state index in [1.165, 1.54) is 29.6 Å². The molecule has 1 heterocycles. The summed E-state index contributed by atoms with van der Waals surface area (Å²) < 4.78 is 5.84. The molecule has 0 aliphatic heterocycles. The number of carbonyl (C=O) groups excluding carboxylic acids is 1. The molecule has 0 atom stereocenters. The van der Waals surface area contributed by atoms with Crippen molar-refractivity contribution in [3.63, 3.8) is 0 Å². The summed E-state index contributed by atoms with van der Waals surface area (Å²) in [6, 6.07) is 6.04. The Balaban J connectivity index is 2.66. The lowest BCUT2D eigenvalue weighted by molar-refractivity contribution is 0.0606. The van der Waals surface area contributed by atoms with E-state index in [9.17, 15) is 4.79 Å². The molecule has 0 aliphatic rings. The molecular weight excluding hydrogens is 208 g/mol. The molecule has 78 valence electrons. The van der Waals surface area contributed by atoms with Crippen molar-refractivity contribution in [2.75, 3.05) is 7.11 Å². The van der Waals surface area contributed by atoms with E-state index in [2.05, 4.69) is 26.0 Å². The van der Waals surface area contributed by atoms with Crippen LogP contribution in [0.25, 0.3) is 10.1 Å². The SMILES string of the molecule is COC(=O)c1cc2c(C)c(C)ccc2s1. The van der Waals surface area contributed by atoms with Crippen LogP contribution in [0.2, 0.25) is 0 Å². The molecule has 1 aromatic heterocycles. The van der Waals surface area contributed by atoms with Crippen molar-refractivity contribution >= 4 is 27.4 Å². The van der Waals surface area contributed by atoms with Gasteiger partial charge in [-0.1, -0.05) is 6.07 Å². The third-order valence-electron chi connectivity index (χ3n) is 2.63. The maximum Gasteiger partial charge on any atom is 0.348 e. The minimum Gasteiger partial charge on any atom is -0.465 e. The second-order valence-electron chi connectivity index (χ2n) is 3.52. The Labute approximate surface area is 92.5 Å². The van der Waals surface area contributed by atoms with Gasteiger partial charge in [0, 0.05) is 4.70 Å². The van der Waals surface area contributed by atoms with E-state index in [-0.39, 0.29) is 5.97 Å². The third kappa shape index (κ3) is 1.63. The highest BCUT2D eigenvalue weighted by Gasteiger charge is 2.11. The van der Waals surface area contributed by atoms with Gasteiger partial charge in [-0.3, -0.25) is 0 Å². The summed E-state index contributed by atoms with van der Waals surface area (Å²) in [6.07, 6.45) is 0. The van der Waals surface area contributed by atoms with Crippen LogP contribution in [0.5, 0.6) is 0 Å². The molecule has 2 nitrogen and oxygen atoms in total. The fraction of sp³-hybridized carbons (Fsp3) is 0.250. The van der Waals surface area contributed by atoms with Gasteiger partial charge in [-0.15, -0.1) is 11.3 Å². The van der Waals surface area contributed by atoms with Crippen LogP contribution in [-0.2, 0) is 4.74 Å². The molecular formula is C12H12O2S. The number of methoxy groups -OCH3 is 1. The van der Waals surface area contributed by atoms with E-state index in [4.69, 9.17) is 4.74 Å². The lowest BCUT2D eigenvalue weighted by Crippen LogP contribution is -1.96. The van der Waals surface area contributed by atoms with E-state index in [1.807, 2.05) is 6.07 Å². The average Bonchev–Trinajstić information content (AvgIpc) is 2.67. The summed E-state index contributed by atoms with van der Waals surface area (Å²) in [5.41, 5.74) is 2.48. The van der Waals surface area contributed by atoms with Gasteiger partial charge in [-0.05, 0) is 42.5 Å². The third-order valence-corrected chi connectivity index (χ3v) is 3.71. The highest BCUT2D eigenvalue weighted by atomic mass is 32.1. The first-order valence-electron chi connectivity index (χ1n) is 4.71. The Morgan fingerprint density at radius 3 is 2.73 bits per heavy atom. The van der Waals surface area contributed by atoms with E-state index in [0.717, 1.165) is 10.1 Å². The number of rotatable bonds is 1. The quantitative estimate of drug-likeness (QED) is 0.689. The number of hydrogen-bond donors (Lipinski definition) is 0. The molecule has 0 unspecified atom stereocenters. The van der Waals surface area contributed by atoms with Crippen molar-refractivity contribution in [2.24, 2.45) is 0 Å². The summed E-state index contributed by atoms with van der Waals surface area (Å²) in [6.45, 7) is 4.15. The smallest absolute Gasteiger partial charge is 0.348 e. The predicted octanol–water partition coefficient (Wildman–Crippen LogP) is 3.30. The molecule has 1 aromatic carbocycles. The highest BCUT2D eigenvalue weighted by molar-refractivity contribution is 7.20. The van der Waals surface area contributed by atoms with Gasteiger partial charge in [-0.25, -0.2) is 4.79 Å². The van der Waals surface area contributed by atoms with Gasteiger partial charge in [0.25, 0.3) is 0 Å². The first-order valence-corrected chi connectivity index (χ1v) is 5.53.